The number of hydrogen-bond acceptors (Lipinski definition) is 7. The highest BCUT2D eigenvalue weighted by Gasteiger charge is 2.30. The summed E-state index contributed by atoms with van der Waals surface area (Å²) >= 11 is 2.86. The summed E-state index contributed by atoms with van der Waals surface area (Å²) in [4.78, 5) is 29.4. The van der Waals surface area contributed by atoms with Gasteiger partial charge in [0.2, 0.25) is 0 Å². The molecule has 1 aromatic carbocycles. The van der Waals surface area contributed by atoms with Crippen molar-refractivity contribution in [1.29, 1.82) is 0 Å². The summed E-state index contributed by atoms with van der Waals surface area (Å²) in [5, 5.41) is 1.11. The van der Waals surface area contributed by atoms with Gasteiger partial charge >= 0.3 is 6.18 Å². The van der Waals surface area contributed by atoms with Crippen LogP contribution in [0.5, 0.6) is 5.19 Å². The van der Waals surface area contributed by atoms with Crippen molar-refractivity contribution < 1.29 is 22.7 Å². The van der Waals surface area contributed by atoms with Crippen LogP contribution in [0.3, 0.4) is 0 Å². The molecule has 3 heterocycles. The minimum Gasteiger partial charge on any atom is -0.460 e. The second-order valence-corrected chi connectivity index (χ2v) is 12.0. The second kappa shape index (κ2) is 11.2. The molecule has 6 nitrogen and oxygen atoms in total. The number of carbonyl (C=O) groups excluding carboxylic acids is 1. The molecule has 1 amide bonds. The quantitative estimate of drug-likeness (QED) is 0.362. The van der Waals surface area contributed by atoms with E-state index in [1.807, 2.05) is 25.1 Å². The van der Waals surface area contributed by atoms with Gasteiger partial charge < -0.3 is 9.64 Å². The first-order valence-corrected chi connectivity index (χ1v) is 14.2. The molecule has 1 aliphatic carbocycles. The third-order valence-corrected chi connectivity index (χ3v) is 9.00. The number of rotatable bonds is 6. The third-order valence-electron chi connectivity index (χ3n) is 6.97. The molecule has 1 saturated carbocycles. The molecule has 0 bridgehead atoms. The number of halogens is 3. The Morgan fingerprint density at radius 2 is 1.92 bits per heavy atom. The van der Waals surface area contributed by atoms with Gasteiger partial charge in [0, 0.05) is 35.7 Å². The van der Waals surface area contributed by atoms with Crippen LogP contribution in [-0.2, 0) is 12.8 Å². The van der Waals surface area contributed by atoms with Gasteiger partial charge in [-0.3, -0.25) is 4.79 Å². The van der Waals surface area contributed by atoms with Crippen LogP contribution < -0.4 is 4.74 Å². The molecular formula is C26H29F3N4O2S2. The number of ether oxygens (including phenoxy) is 1. The Labute approximate surface area is 221 Å². The molecule has 2 aromatic heterocycles. The average Bonchev–Trinajstić information content (AvgIpc) is 3.38. The van der Waals surface area contributed by atoms with Crippen LogP contribution in [0, 0.1) is 12.8 Å². The van der Waals surface area contributed by atoms with E-state index >= 15 is 0 Å². The van der Waals surface area contributed by atoms with Crippen LogP contribution in [0.4, 0.5) is 13.2 Å². The summed E-state index contributed by atoms with van der Waals surface area (Å²) in [7, 11) is 0. The number of benzene rings is 1. The molecule has 0 atom stereocenters. The number of aryl methyl sites for hydroxylation is 1. The first kappa shape index (κ1) is 26.2. The van der Waals surface area contributed by atoms with Gasteiger partial charge in [0.1, 0.15) is 0 Å². The largest absolute Gasteiger partial charge is 0.460 e. The standard InChI is InChI=1S/C26H29F3N4O2S2/c1-16-30-21-14-18(4-7-22(21)36-16)24(34)31-19-5-2-17(3-6-19)8-11-33-12-9-20-23(10-13-33)37-25(32-20)35-15-26(27,28)29/h4,7,14,17H,2-3,5-6,8-13,15H2,1H3. The smallest absolute Gasteiger partial charge is 0.422 e. The Morgan fingerprint density at radius 1 is 1.14 bits per heavy atom. The minimum absolute atomic E-state index is 0.118. The third kappa shape index (κ3) is 6.94. The normalized spacial score (nSPS) is 19.0. The molecule has 1 aliphatic heterocycles. The van der Waals surface area contributed by atoms with Crippen molar-refractivity contribution in [3.8, 4) is 5.19 Å². The van der Waals surface area contributed by atoms with Crippen LogP contribution in [0.25, 0.3) is 10.2 Å². The van der Waals surface area contributed by atoms with Crippen LogP contribution >= 0.6 is 22.7 Å². The molecule has 3 aromatic rings. The molecule has 11 heteroatoms. The Hall–Kier alpha value is -2.37. The van der Waals surface area contributed by atoms with E-state index in [2.05, 4.69) is 19.9 Å². The highest BCUT2D eigenvalue weighted by molar-refractivity contribution is 7.18. The van der Waals surface area contributed by atoms with Gasteiger partial charge in [0.25, 0.3) is 11.1 Å². The summed E-state index contributed by atoms with van der Waals surface area (Å²) in [6.45, 7) is 3.40. The average molecular weight is 551 g/mol. The second-order valence-electron chi connectivity index (χ2n) is 9.73. The van der Waals surface area contributed by atoms with E-state index in [-0.39, 0.29) is 11.1 Å². The topological polar surface area (TPSA) is 67.7 Å². The number of alkyl halides is 3. The number of thiazole rings is 2. The predicted molar refractivity (Wildman–Crippen MR) is 140 cm³/mol. The van der Waals surface area contributed by atoms with E-state index in [0.29, 0.717) is 11.5 Å². The number of carbonyl (C=O) groups is 1. The van der Waals surface area contributed by atoms with Crippen molar-refractivity contribution in [3.63, 3.8) is 0 Å². The summed E-state index contributed by atoms with van der Waals surface area (Å²) in [5.74, 6) is 0.430. The van der Waals surface area contributed by atoms with Gasteiger partial charge in [-0.1, -0.05) is 11.3 Å². The van der Waals surface area contributed by atoms with Crippen molar-refractivity contribution in [3.05, 3.63) is 39.3 Å². The van der Waals surface area contributed by atoms with Crippen LogP contribution in [-0.4, -0.2) is 58.9 Å². The van der Waals surface area contributed by atoms with E-state index in [0.717, 1.165) is 96.1 Å². The van der Waals surface area contributed by atoms with E-state index in [4.69, 9.17) is 4.74 Å². The Balaban J connectivity index is 1.06. The molecule has 198 valence electrons. The van der Waals surface area contributed by atoms with Gasteiger partial charge in [-0.05, 0) is 76.1 Å². The van der Waals surface area contributed by atoms with E-state index in [1.165, 1.54) is 11.3 Å². The van der Waals surface area contributed by atoms with E-state index < -0.39 is 12.8 Å². The van der Waals surface area contributed by atoms with Crippen LogP contribution in [0.15, 0.2) is 23.2 Å². The van der Waals surface area contributed by atoms with Crippen molar-refractivity contribution in [1.82, 2.24) is 14.9 Å². The molecular weight excluding hydrogens is 521 g/mol. The van der Waals surface area contributed by atoms with Crippen molar-refractivity contribution in [2.24, 2.45) is 10.9 Å². The van der Waals surface area contributed by atoms with Gasteiger partial charge in [-0.15, -0.1) is 11.3 Å². The Kier molecular flexibility index (Phi) is 7.92. The molecule has 0 saturated heterocycles. The van der Waals surface area contributed by atoms with Crippen molar-refractivity contribution in [2.45, 2.75) is 58.0 Å². The SMILES string of the molecule is Cc1nc2cc(C(=O)N=C3CCC(CCN4CCc5nc(OCC(F)(F)F)sc5CC4)CC3)ccc2s1. The fourth-order valence-electron chi connectivity index (χ4n) is 4.97. The zero-order valence-electron chi connectivity index (χ0n) is 20.6. The summed E-state index contributed by atoms with van der Waals surface area (Å²) < 4.78 is 43.1. The van der Waals surface area contributed by atoms with Gasteiger partial charge in [0.15, 0.2) is 6.61 Å². The Bertz CT molecular complexity index is 1270. The lowest BCUT2D eigenvalue weighted by Crippen LogP contribution is -2.29. The maximum absolute atomic E-state index is 12.7. The van der Waals surface area contributed by atoms with Crippen LogP contribution in [0.2, 0.25) is 0 Å². The predicted octanol–water partition coefficient (Wildman–Crippen LogP) is 6.26. The van der Waals surface area contributed by atoms with Gasteiger partial charge in [0.05, 0.1) is 20.9 Å². The molecule has 2 aliphatic rings. The zero-order chi connectivity index (χ0) is 26.0. The fraction of sp³-hybridized carbons (Fsp3) is 0.538. The number of aromatic nitrogens is 2. The highest BCUT2D eigenvalue weighted by Crippen LogP contribution is 2.31. The van der Waals surface area contributed by atoms with Crippen LogP contribution in [0.1, 0.15) is 58.0 Å². The number of fused-ring (bicyclic) bond motifs is 2. The highest BCUT2D eigenvalue weighted by atomic mass is 32.1. The van der Waals surface area contributed by atoms with E-state index in [9.17, 15) is 18.0 Å². The number of nitrogens with zero attached hydrogens (tertiary/aromatic N) is 4. The molecule has 0 N–H and O–H groups in total. The lowest BCUT2D eigenvalue weighted by atomic mass is 9.85. The van der Waals surface area contributed by atoms with Gasteiger partial charge in [-0.25, -0.2) is 15.0 Å². The van der Waals surface area contributed by atoms with E-state index in [1.54, 1.807) is 11.3 Å². The minimum atomic E-state index is -4.35. The maximum atomic E-state index is 12.7. The number of hydrogen-bond donors (Lipinski definition) is 0. The Morgan fingerprint density at radius 3 is 2.70 bits per heavy atom. The first-order valence-electron chi connectivity index (χ1n) is 12.6. The summed E-state index contributed by atoms with van der Waals surface area (Å²) in [6, 6.07) is 5.62. The number of amides is 1. The lowest BCUT2D eigenvalue weighted by Gasteiger charge is -2.26. The first-order chi connectivity index (χ1) is 17.7. The lowest BCUT2D eigenvalue weighted by molar-refractivity contribution is -0.153. The summed E-state index contributed by atoms with van der Waals surface area (Å²) in [6.07, 6.45) is 2.07. The van der Waals surface area contributed by atoms with Crippen molar-refractivity contribution >= 4 is 44.5 Å². The molecule has 1 fully saturated rings. The molecule has 0 spiro atoms. The number of aliphatic imine (C=N–C) groups is 1. The maximum Gasteiger partial charge on any atom is 0.422 e. The van der Waals surface area contributed by atoms with Gasteiger partial charge in [-0.2, -0.15) is 13.2 Å². The monoisotopic (exact) mass is 550 g/mol. The molecule has 37 heavy (non-hydrogen) atoms. The summed E-state index contributed by atoms with van der Waals surface area (Å²) in [5.41, 5.74) is 3.31. The van der Waals surface area contributed by atoms with Crippen molar-refractivity contribution in [2.75, 3.05) is 26.2 Å². The molecule has 0 radical (unpaired) electrons. The molecule has 0 unspecified atom stereocenters. The fourth-order valence-corrected chi connectivity index (χ4v) is 6.73. The zero-order valence-corrected chi connectivity index (χ0v) is 22.3. The molecule has 5 rings (SSSR count).